The standard InChI is InChI=1S/C18H24N4O2/c1-21-7-16(6-20-21)8-22-9-17-11-24-14-18(17,12-22)13-23-10-15-3-2-4-19-5-15/h2-7,17H,8-14H2,1H3/t17-,18-/m1/s1. The molecule has 0 bridgehead atoms. The number of hydrogen-bond acceptors (Lipinski definition) is 5. The Morgan fingerprint density at radius 2 is 2.33 bits per heavy atom. The first-order valence-electron chi connectivity index (χ1n) is 8.48. The molecule has 0 aromatic carbocycles. The fraction of sp³-hybridized carbons (Fsp3) is 0.556. The average Bonchev–Trinajstić information content (AvgIpc) is 3.23. The van der Waals surface area contributed by atoms with E-state index in [2.05, 4.69) is 27.2 Å². The molecule has 0 radical (unpaired) electrons. The minimum absolute atomic E-state index is 0.129. The van der Waals surface area contributed by atoms with E-state index >= 15 is 0 Å². The largest absolute Gasteiger partial charge is 0.380 e. The third-order valence-electron chi connectivity index (χ3n) is 5.14. The molecule has 2 aromatic heterocycles. The lowest BCUT2D eigenvalue weighted by Crippen LogP contribution is -2.35. The second-order valence-electron chi connectivity index (χ2n) is 7.12. The van der Waals surface area contributed by atoms with E-state index in [1.165, 1.54) is 5.56 Å². The van der Waals surface area contributed by atoms with Crippen LogP contribution in [0.3, 0.4) is 0 Å². The Kier molecular flexibility index (Phi) is 4.35. The van der Waals surface area contributed by atoms with Gasteiger partial charge in [-0.05, 0) is 11.6 Å². The molecule has 0 unspecified atom stereocenters. The van der Waals surface area contributed by atoms with E-state index in [1.54, 1.807) is 6.20 Å². The summed E-state index contributed by atoms with van der Waals surface area (Å²) in [6, 6.07) is 4.00. The van der Waals surface area contributed by atoms with Gasteiger partial charge in [0.05, 0.1) is 32.6 Å². The van der Waals surface area contributed by atoms with Gasteiger partial charge in [0.2, 0.25) is 0 Å². The van der Waals surface area contributed by atoms with Crippen molar-refractivity contribution < 1.29 is 9.47 Å². The molecular weight excluding hydrogens is 304 g/mol. The molecule has 2 aliphatic heterocycles. The molecule has 2 aliphatic rings. The van der Waals surface area contributed by atoms with Gasteiger partial charge in [-0.25, -0.2) is 0 Å². The van der Waals surface area contributed by atoms with E-state index in [0.29, 0.717) is 12.5 Å². The van der Waals surface area contributed by atoms with Gasteiger partial charge in [0.25, 0.3) is 0 Å². The molecule has 2 fully saturated rings. The first-order chi connectivity index (χ1) is 11.7. The Balaban J connectivity index is 1.36. The molecule has 6 heteroatoms. The molecule has 0 N–H and O–H groups in total. The minimum atomic E-state index is 0.129. The van der Waals surface area contributed by atoms with Gasteiger partial charge in [0.1, 0.15) is 0 Å². The maximum Gasteiger partial charge on any atom is 0.0732 e. The van der Waals surface area contributed by atoms with Crippen LogP contribution in [0.2, 0.25) is 0 Å². The summed E-state index contributed by atoms with van der Waals surface area (Å²) in [4.78, 5) is 6.65. The van der Waals surface area contributed by atoms with Gasteiger partial charge in [0, 0.05) is 62.2 Å². The van der Waals surface area contributed by atoms with Crippen molar-refractivity contribution in [3.8, 4) is 0 Å². The number of rotatable bonds is 6. The van der Waals surface area contributed by atoms with E-state index in [9.17, 15) is 0 Å². The van der Waals surface area contributed by atoms with E-state index in [0.717, 1.165) is 45.0 Å². The van der Waals surface area contributed by atoms with Gasteiger partial charge in [-0.1, -0.05) is 6.07 Å². The number of pyridine rings is 1. The number of ether oxygens (including phenoxy) is 2. The summed E-state index contributed by atoms with van der Waals surface area (Å²) in [5.74, 6) is 0.558. The summed E-state index contributed by atoms with van der Waals surface area (Å²) in [5, 5.41) is 4.27. The van der Waals surface area contributed by atoms with Gasteiger partial charge in [-0.15, -0.1) is 0 Å². The first-order valence-corrected chi connectivity index (χ1v) is 8.48. The molecule has 24 heavy (non-hydrogen) atoms. The summed E-state index contributed by atoms with van der Waals surface area (Å²) in [6.07, 6.45) is 7.70. The molecule has 4 rings (SSSR count). The van der Waals surface area contributed by atoms with Crippen molar-refractivity contribution in [1.29, 1.82) is 0 Å². The van der Waals surface area contributed by atoms with E-state index in [-0.39, 0.29) is 5.41 Å². The molecule has 128 valence electrons. The van der Waals surface area contributed by atoms with Gasteiger partial charge in [-0.2, -0.15) is 5.10 Å². The highest BCUT2D eigenvalue weighted by atomic mass is 16.5. The minimum Gasteiger partial charge on any atom is -0.380 e. The fourth-order valence-electron chi connectivity index (χ4n) is 3.93. The van der Waals surface area contributed by atoms with Gasteiger partial charge in [0.15, 0.2) is 0 Å². The Labute approximate surface area is 142 Å². The van der Waals surface area contributed by atoms with Crippen LogP contribution in [-0.2, 0) is 29.7 Å². The SMILES string of the molecule is Cn1cc(CN2C[C@@H]3COC[C@]3(COCc3cccnc3)C2)cn1. The van der Waals surface area contributed by atoms with Crippen molar-refractivity contribution in [2.24, 2.45) is 18.4 Å². The van der Waals surface area contributed by atoms with Crippen LogP contribution in [0.15, 0.2) is 36.9 Å². The van der Waals surface area contributed by atoms with E-state index in [1.807, 2.05) is 30.2 Å². The third kappa shape index (κ3) is 3.22. The highest BCUT2D eigenvalue weighted by Gasteiger charge is 2.50. The Morgan fingerprint density at radius 3 is 3.12 bits per heavy atom. The fourth-order valence-corrected chi connectivity index (χ4v) is 3.93. The zero-order valence-corrected chi connectivity index (χ0v) is 14.1. The average molecular weight is 328 g/mol. The number of hydrogen-bond donors (Lipinski definition) is 0. The van der Waals surface area contributed by atoms with Crippen molar-refractivity contribution in [2.45, 2.75) is 13.2 Å². The zero-order chi connectivity index (χ0) is 16.4. The van der Waals surface area contributed by atoms with Crippen molar-refractivity contribution in [2.75, 3.05) is 32.9 Å². The van der Waals surface area contributed by atoms with Crippen molar-refractivity contribution in [3.05, 3.63) is 48.0 Å². The lowest BCUT2D eigenvalue weighted by molar-refractivity contribution is 0.0182. The number of nitrogens with zero attached hydrogens (tertiary/aromatic N) is 4. The molecule has 2 saturated heterocycles. The highest BCUT2D eigenvalue weighted by Crippen LogP contribution is 2.42. The summed E-state index contributed by atoms with van der Waals surface area (Å²) in [5.41, 5.74) is 2.52. The number of aromatic nitrogens is 3. The lowest BCUT2D eigenvalue weighted by atomic mass is 9.82. The van der Waals surface area contributed by atoms with Crippen LogP contribution in [0.5, 0.6) is 0 Å². The second kappa shape index (κ2) is 6.63. The molecule has 0 spiro atoms. The maximum atomic E-state index is 6.05. The smallest absolute Gasteiger partial charge is 0.0732 e. The molecular formula is C18H24N4O2. The molecule has 2 atom stereocenters. The first kappa shape index (κ1) is 15.7. The molecule has 2 aromatic rings. The van der Waals surface area contributed by atoms with Gasteiger partial charge < -0.3 is 9.47 Å². The monoisotopic (exact) mass is 328 g/mol. The molecule has 0 saturated carbocycles. The predicted octanol–water partition coefficient (Wildman–Crippen LogP) is 1.48. The van der Waals surface area contributed by atoms with Crippen LogP contribution in [0.1, 0.15) is 11.1 Å². The predicted molar refractivity (Wildman–Crippen MR) is 89.1 cm³/mol. The Morgan fingerprint density at radius 1 is 1.38 bits per heavy atom. The van der Waals surface area contributed by atoms with Gasteiger partial charge >= 0.3 is 0 Å². The summed E-state index contributed by atoms with van der Waals surface area (Å²) in [7, 11) is 1.96. The summed E-state index contributed by atoms with van der Waals surface area (Å²) >= 11 is 0. The Hall–Kier alpha value is -1.76. The maximum absolute atomic E-state index is 6.05. The topological polar surface area (TPSA) is 52.4 Å². The van der Waals surface area contributed by atoms with Crippen LogP contribution < -0.4 is 0 Å². The summed E-state index contributed by atoms with van der Waals surface area (Å²) in [6.45, 7) is 6.06. The normalized spacial score (nSPS) is 26.8. The van der Waals surface area contributed by atoms with Crippen molar-refractivity contribution in [3.63, 3.8) is 0 Å². The van der Waals surface area contributed by atoms with E-state index in [4.69, 9.17) is 9.47 Å². The van der Waals surface area contributed by atoms with Crippen LogP contribution in [0.4, 0.5) is 0 Å². The lowest BCUT2D eigenvalue weighted by Gasteiger charge is -2.27. The molecule has 0 aliphatic carbocycles. The zero-order valence-electron chi connectivity index (χ0n) is 14.1. The van der Waals surface area contributed by atoms with Crippen molar-refractivity contribution >= 4 is 0 Å². The van der Waals surface area contributed by atoms with Crippen molar-refractivity contribution in [1.82, 2.24) is 19.7 Å². The molecule has 4 heterocycles. The van der Waals surface area contributed by atoms with Crippen LogP contribution >= 0.6 is 0 Å². The highest BCUT2D eigenvalue weighted by molar-refractivity contribution is 5.08. The molecule has 6 nitrogen and oxygen atoms in total. The van der Waals surface area contributed by atoms with E-state index < -0.39 is 0 Å². The summed E-state index contributed by atoms with van der Waals surface area (Å²) < 4.78 is 13.7. The van der Waals surface area contributed by atoms with Crippen LogP contribution in [0, 0.1) is 11.3 Å². The number of fused-ring (bicyclic) bond motifs is 1. The van der Waals surface area contributed by atoms with Crippen LogP contribution in [-0.4, -0.2) is 52.6 Å². The number of likely N-dealkylation sites (tertiary alicyclic amines) is 1. The van der Waals surface area contributed by atoms with Crippen LogP contribution in [0.25, 0.3) is 0 Å². The number of aryl methyl sites for hydroxylation is 1. The van der Waals surface area contributed by atoms with Gasteiger partial charge in [-0.3, -0.25) is 14.6 Å². The Bertz CT molecular complexity index is 675. The second-order valence-corrected chi connectivity index (χ2v) is 7.12. The quantitative estimate of drug-likeness (QED) is 0.804. The third-order valence-corrected chi connectivity index (χ3v) is 5.14. The molecule has 0 amide bonds.